The molecule has 1 heterocycles. The van der Waals surface area contributed by atoms with Gasteiger partial charge in [-0.2, -0.15) is 0 Å². The van der Waals surface area contributed by atoms with Crippen molar-refractivity contribution in [2.24, 2.45) is 0 Å². The molecule has 2 fully saturated rings. The summed E-state index contributed by atoms with van der Waals surface area (Å²) in [5.41, 5.74) is 1.38. The van der Waals surface area contributed by atoms with Crippen molar-refractivity contribution in [2.45, 2.75) is 37.6 Å². The van der Waals surface area contributed by atoms with Gasteiger partial charge in [0.15, 0.2) is 0 Å². The number of benzene rings is 1. The van der Waals surface area contributed by atoms with Crippen molar-refractivity contribution in [1.82, 2.24) is 10.2 Å². The highest BCUT2D eigenvalue weighted by molar-refractivity contribution is 5.37. The first kappa shape index (κ1) is 13.9. The Morgan fingerprint density at radius 2 is 1.95 bits per heavy atom. The van der Waals surface area contributed by atoms with Crippen LogP contribution in [-0.2, 0) is 0 Å². The number of methoxy groups -OCH3 is 1. The normalized spacial score (nSPS) is 26.4. The molecule has 0 amide bonds. The zero-order valence-corrected chi connectivity index (χ0v) is 12.5. The van der Waals surface area contributed by atoms with Crippen molar-refractivity contribution in [3.05, 3.63) is 29.8 Å². The third-order valence-corrected chi connectivity index (χ3v) is 4.78. The minimum Gasteiger partial charge on any atom is -0.496 e. The van der Waals surface area contributed by atoms with Crippen molar-refractivity contribution >= 4 is 0 Å². The van der Waals surface area contributed by atoms with Gasteiger partial charge in [-0.25, -0.2) is 0 Å². The highest BCUT2D eigenvalue weighted by atomic mass is 16.5. The highest BCUT2D eigenvalue weighted by Crippen LogP contribution is 2.40. The van der Waals surface area contributed by atoms with Gasteiger partial charge >= 0.3 is 0 Å². The third kappa shape index (κ3) is 3.15. The average Bonchev–Trinajstić information content (AvgIpc) is 2.94. The lowest BCUT2D eigenvalue weighted by Gasteiger charge is -2.37. The second-order valence-corrected chi connectivity index (χ2v) is 6.11. The van der Waals surface area contributed by atoms with Gasteiger partial charge in [0.1, 0.15) is 5.75 Å². The number of para-hydroxylation sites is 1. The van der Waals surface area contributed by atoms with Crippen molar-refractivity contribution in [2.75, 3.05) is 33.3 Å². The number of rotatable bonds is 6. The van der Waals surface area contributed by atoms with Crippen molar-refractivity contribution in [1.29, 1.82) is 0 Å². The highest BCUT2D eigenvalue weighted by Gasteiger charge is 2.31. The Morgan fingerprint density at radius 3 is 2.70 bits per heavy atom. The van der Waals surface area contributed by atoms with Crippen LogP contribution in [0.1, 0.15) is 37.2 Å². The molecule has 0 atom stereocenters. The predicted molar refractivity (Wildman–Crippen MR) is 82.4 cm³/mol. The molecule has 3 rings (SSSR count). The molecule has 1 N–H and O–H groups in total. The van der Waals surface area contributed by atoms with Gasteiger partial charge in [0, 0.05) is 19.1 Å². The molecule has 0 radical (unpaired) electrons. The van der Waals surface area contributed by atoms with Gasteiger partial charge in [0.05, 0.1) is 7.11 Å². The molecule has 1 aliphatic heterocycles. The van der Waals surface area contributed by atoms with E-state index in [4.69, 9.17) is 4.74 Å². The first-order valence-electron chi connectivity index (χ1n) is 7.95. The molecule has 1 saturated heterocycles. The molecule has 0 aromatic heterocycles. The number of hydrogen-bond donors (Lipinski definition) is 1. The summed E-state index contributed by atoms with van der Waals surface area (Å²) in [5, 5.41) is 3.70. The average molecular weight is 274 g/mol. The molecule has 1 aromatic carbocycles. The molecule has 3 nitrogen and oxygen atoms in total. The summed E-state index contributed by atoms with van der Waals surface area (Å²) in [7, 11) is 1.77. The SMILES string of the molecule is COc1ccccc1C1CC(NCCN2CCCC2)C1. The Kier molecular flexibility index (Phi) is 4.58. The van der Waals surface area contributed by atoms with Crippen LogP contribution in [0.5, 0.6) is 5.75 Å². The molecule has 2 aliphatic rings. The lowest BCUT2D eigenvalue weighted by molar-refractivity contribution is 0.262. The maximum atomic E-state index is 5.46. The van der Waals surface area contributed by atoms with Crippen LogP contribution in [0.25, 0.3) is 0 Å². The summed E-state index contributed by atoms with van der Waals surface area (Å²) in [6, 6.07) is 9.15. The van der Waals surface area contributed by atoms with E-state index < -0.39 is 0 Å². The van der Waals surface area contributed by atoms with Gasteiger partial charge in [-0.05, 0) is 56.3 Å². The second-order valence-electron chi connectivity index (χ2n) is 6.11. The minimum absolute atomic E-state index is 0.676. The monoisotopic (exact) mass is 274 g/mol. The van der Waals surface area contributed by atoms with Crippen molar-refractivity contribution in [3.8, 4) is 5.75 Å². The standard InChI is InChI=1S/C17H26N2O/c1-20-17-7-3-2-6-16(17)14-12-15(13-14)18-8-11-19-9-4-5-10-19/h2-3,6-7,14-15,18H,4-5,8-13H2,1H3. The van der Waals surface area contributed by atoms with Gasteiger partial charge in [-0.3, -0.25) is 0 Å². The van der Waals surface area contributed by atoms with Crippen LogP contribution in [0.2, 0.25) is 0 Å². The van der Waals surface area contributed by atoms with Gasteiger partial charge in [-0.15, -0.1) is 0 Å². The number of hydrogen-bond acceptors (Lipinski definition) is 3. The summed E-state index contributed by atoms with van der Waals surface area (Å²) in [4.78, 5) is 2.57. The molecule has 1 saturated carbocycles. The van der Waals surface area contributed by atoms with Crippen molar-refractivity contribution in [3.63, 3.8) is 0 Å². The topological polar surface area (TPSA) is 24.5 Å². The van der Waals surface area contributed by atoms with Crippen molar-refractivity contribution < 1.29 is 4.74 Å². The van der Waals surface area contributed by atoms with E-state index in [1.165, 1.54) is 50.9 Å². The Morgan fingerprint density at radius 1 is 1.20 bits per heavy atom. The fraction of sp³-hybridized carbons (Fsp3) is 0.647. The van der Waals surface area contributed by atoms with Gasteiger partial charge in [0.2, 0.25) is 0 Å². The molecule has 1 aliphatic carbocycles. The summed E-state index contributed by atoms with van der Waals surface area (Å²) in [5.74, 6) is 1.73. The van der Waals surface area contributed by atoms with E-state index in [0.717, 1.165) is 12.3 Å². The molecule has 0 unspecified atom stereocenters. The third-order valence-electron chi connectivity index (χ3n) is 4.78. The van der Waals surface area contributed by atoms with Crippen LogP contribution < -0.4 is 10.1 Å². The Hall–Kier alpha value is -1.06. The van der Waals surface area contributed by atoms with E-state index in [1.807, 2.05) is 6.07 Å². The molecule has 110 valence electrons. The maximum Gasteiger partial charge on any atom is 0.122 e. The number of nitrogens with zero attached hydrogens (tertiary/aromatic N) is 1. The Balaban J connectivity index is 1.40. The van der Waals surface area contributed by atoms with Gasteiger partial charge < -0.3 is 15.0 Å². The Bertz CT molecular complexity index is 423. The molecule has 3 heteroatoms. The van der Waals surface area contributed by atoms with Crippen LogP contribution in [0.3, 0.4) is 0 Å². The summed E-state index contributed by atoms with van der Waals surface area (Å²) in [6.45, 7) is 4.96. The second kappa shape index (κ2) is 6.59. The predicted octanol–water partition coefficient (Wildman–Crippen LogP) is 2.63. The molecular formula is C17H26N2O. The number of ether oxygens (including phenoxy) is 1. The van der Waals surface area contributed by atoms with E-state index >= 15 is 0 Å². The van der Waals surface area contributed by atoms with Crippen LogP contribution in [-0.4, -0.2) is 44.2 Å². The van der Waals surface area contributed by atoms with Gasteiger partial charge in [-0.1, -0.05) is 18.2 Å². The van der Waals surface area contributed by atoms with Crippen LogP contribution in [0.15, 0.2) is 24.3 Å². The van der Waals surface area contributed by atoms with E-state index in [0.29, 0.717) is 12.0 Å². The summed E-state index contributed by atoms with van der Waals surface area (Å²) < 4.78 is 5.46. The fourth-order valence-corrected chi connectivity index (χ4v) is 3.48. The summed E-state index contributed by atoms with van der Waals surface area (Å²) >= 11 is 0. The first-order chi connectivity index (χ1) is 9.86. The molecule has 1 aromatic rings. The van der Waals surface area contributed by atoms with Crippen LogP contribution in [0, 0.1) is 0 Å². The zero-order valence-electron chi connectivity index (χ0n) is 12.5. The Labute approximate surface area is 122 Å². The van der Waals surface area contributed by atoms with E-state index in [1.54, 1.807) is 7.11 Å². The quantitative estimate of drug-likeness (QED) is 0.863. The first-order valence-corrected chi connectivity index (χ1v) is 7.95. The number of nitrogens with one attached hydrogen (secondary N) is 1. The molecule has 0 bridgehead atoms. The number of likely N-dealkylation sites (tertiary alicyclic amines) is 1. The van der Waals surface area contributed by atoms with E-state index in [-0.39, 0.29) is 0 Å². The fourth-order valence-electron chi connectivity index (χ4n) is 3.48. The van der Waals surface area contributed by atoms with Gasteiger partial charge in [0.25, 0.3) is 0 Å². The molecule has 0 spiro atoms. The lowest BCUT2D eigenvalue weighted by Crippen LogP contribution is -2.43. The van der Waals surface area contributed by atoms with E-state index in [2.05, 4.69) is 28.4 Å². The van der Waals surface area contributed by atoms with Crippen LogP contribution in [0.4, 0.5) is 0 Å². The zero-order chi connectivity index (χ0) is 13.8. The minimum atomic E-state index is 0.676. The van der Waals surface area contributed by atoms with E-state index in [9.17, 15) is 0 Å². The van der Waals surface area contributed by atoms with Crippen LogP contribution >= 0.6 is 0 Å². The lowest BCUT2D eigenvalue weighted by atomic mass is 9.75. The smallest absolute Gasteiger partial charge is 0.122 e. The largest absolute Gasteiger partial charge is 0.496 e. The summed E-state index contributed by atoms with van der Waals surface area (Å²) in [6.07, 6.45) is 5.28. The molecular weight excluding hydrogens is 248 g/mol. The maximum absolute atomic E-state index is 5.46. The molecule has 20 heavy (non-hydrogen) atoms.